The molecule has 0 unspecified atom stereocenters. The van der Waals surface area contributed by atoms with Gasteiger partial charge >= 0.3 is 0 Å². The Kier molecular flexibility index (Phi) is 4.23. The molecule has 0 aliphatic heterocycles. The summed E-state index contributed by atoms with van der Waals surface area (Å²) in [4.78, 5) is 0. The van der Waals surface area contributed by atoms with Crippen LogP contribution in [-0.4, -0.2) is 0 Å². The van der Waals surface area contributed by atoms with E-state index < -0.39 is 0 Å². The van der Waals surface area contributed by atoms with Crippen molar-refractivity contribution >= 4 is 17.4 Å². The van der Waals surface area contributed by atoms with Crippen molar-refractivity contribution in [1.82, 2.24) is 0 Å². The average molecular weight is 280 g/mol. The second-order valence-corrected chi connectivity index (χ2v) is 6.53. The molecular formula is C17H16N2S. The molecule has 3 heteroatoms. The van der Waals surface area contributed by atoms with Gasteiger partial charge in [0.2, 0.25) is 0 Å². The number of allylic oxidation sites excluding steroid dienone is 5. The van der Waals surface area contributed by atoms with Gasteiger partial charge in [-0.25, -0.2) is 0 Å². The highest BCUT2D eigenvalue weighted by molar-refractivity contribution is 7.08. The van der Waals surface area contributed by atoms with Gasteiger partial charge in [-0.3, -0.25) is 0 Å². The molecular weight excluding hydrogens is 264 g/mol. The average Bonchev–Trinajstić information content (AvgIpc) is 2.89. The summed E-state index contributed by atoms with van der Waals surface area (Å²) in [5, 5.41) is 22.2. The molecule has 20 heavy (non-hydrogen) atoms. The standard InChI is InChI=1S/C17H16N2S/c1-17(2)8-14(4-3-13-5-6-20-12-13)7-15(9-17)16(10-18)11-19/h3-7,12H,8-9H2,1-2H3/b4-3+. The zero-order valence-corrected chi connectivity index (χ0v) is 12.5. The van der Waals surface area contributed by atoms with E-state index in [1.54, 1.807) is 11.3 Å². The minimum absolute atomic E-state index is 0.0807. The molecule has 1 heterocycles. The van der Waals surface area contributed by atoms with E-state index in [0.29, 0.717) is 0 Å². The Balaban J connectivity index is 2.35. The Labute approximate surface area is 124 Å². The van der Waals surface area contributed by atoms with Gasteiger partial charge in [-0.15, -0.1) is 0 Å². The topological polar surface area (TPSA) is 47.6 Å². The molecule has 2 rings (SSSR count). The highest BCUT2D eigenvalue weighted by Gasteiger charge is 2.26. The van der Waals surface area contributed by atoms with Gasteiger partial charge in [0.05, 0.1) is 0 Å². The maximum absolute atomic E-state index is 9.04. The normalized spacial score (nSPS) is 17.4. The number of rotatable bonds is 2. The largest absolute Gasteiger partial charge is 0.192 e. The number of thiophene rings is 1. The smallest absolute Gasteiger partial charge is 0.132 e. The first-order chi connectivity index (χ1) is 9.54. The second-order valence-electron chi connectivity index (χ2n) is 5.75. The minimum Gasteiger partial charge on any atom is -0.192 e. The molecule has 1 aromatic heterocycles. The summed E-state index contributed by atoms with van der Waals surface area (Å²) < 4.78 is 0. The van der Waals surface area contributed by atoms with Crippen LogP contribution in [0, 0.1) is 28.1 Å². The van der Waals surface area contributed by atoms with Crippen LogP contribution in [0.2, 0.25) is 0 Å². The van der Waals surface area contributed by atoms with Gasteiger partial charge in [0.1, 0.15) is 17.7 Å². The lowest BCUT2D eigenvalue weighted by molar-refractivity contribution is 0.354. The Morgan fingerprint density at radius 2 is 2.00 bits per heavy atom. The summed E-state index contributed by atoms with van der Waals surface area (Å²) in [6, 6.07) is 6.07. The van der Waals surface area contributed by atoms with E-state index in [4.69, 9.17) is 10.5 Å². The van der Waals surface area contributed by atoms with Crippen LogP contribution in [0.25, 0.3) is 6.08 Å². The molecule has 0 aromatic carbocycles. The van der Waals surface area contributed by atoms with E-state index >= 15 is 0 Å². The molecule has 2 nitrogen and oxygen atoms in total. The number of hydrogen-bond donors (Lipinski definition) is 0. The van der Waals surface area contributed by atoms with Crippen LogP contribution in [-0.2, 0) is 0 Å². The van der Waals surface area contributed by atoms with Crippen molar-refractivity contribution in [1.29, 1.82) is 10.5 Å². The Hall–Kier alpha value is -2.10. The van der Waals surface area contributed by atoms with Crippen molar-refractivity contribution in [3.05, 3.63) is 51.3 Å². The van der Waals surface area contributed by atoms with Gasteiger partial charge in [-0.1, -0.05) is 32.1 Å². The molecule has 0 radical (unpaired) electrons. The Morgan fingerprint density at radius 1 is 1.25 bits per heavy atom. The molecule has 0 saturated heterocycles. The van der Waals surface area contributed by atoms with Gasteiger partial charge in [0, 0.05) is 0 Å². The molecule has 0 fully saturated rings. The zero-order valence-electron chi connectivity index (χ0n) is 11.7. The SMILES string of the molecule is CC1(C)CC(/C=C/c2ccsc2)=CC(=C(C#N)C#N)C1. The van der Waals surface area contributed by atoms with Gasteiger partial charge < -0.3 is 0 Å². The van der Waals surface area contributed by atoms with Gasteiger partial charge in [0.15, 0.2) is 0 Å². The number of hydrogen-bond acceptors (Lipinski definition) is 3. The maximum atomic E-state index is 9.04. The van der Waals surface area contributed by atoms with E-state index in [9.17, 15) is 0 Å². The molecule has 0 saturated carbocycles. The second kappa shape index (κ2) is 5.90. The Bertz CT molecular complexity index is 643. The summed E-state index contributed by atoms with van der Waals surface area (Å²) >= 11 is 1.67. The predicted molar refractivity (Wildman–Crippen MR) is 82.7 cm³/mol. The summed E-state index contributed by atoms with van der Waals surface area (Å²) in [5.74, 6) is 0. The van der Waals surface area contributed by atoms with E-state index in [0.717, 1.165) is 18.4 Å². The third-order valence-electron chi connectivity index (χ3n) is 3.29. The third kappa shape index (κ3) is 3.47. The first kappa shape index (κ1) is 14.3. The van der Waals surface area contributed by atoms with Crippen LogP contribution in [0.3, 0.4) is 0 Å². The van der Waals surface area contributed by atoms with Crippen LogP contribution in [0.1, 0.15) is 32.3 Å². The van der Waals surface area contributed by atoms with Crippen molar-refractivity contribution in [3.8, 4) is 12.1 Å². The fourth-order valence-electron chi connectivity index (χ4n) is 2.47. The van der Waals surface area contributed by atoms with Crippen molar-refractivity contribution in [2.45, 2.75) is 26.7 Å². The summed E-state index contributed by atoms with van der Waals surface area (Å²) in [7, 11) is 0. The van der Waals surface area contributed by atoms with Crippen molar-refractivity contribution in [3.63, 3.8) is 0 Å². The Morgan fingerprint density at radius 3 is 2.60 bits per heavy atom. The molecule has 0 amide bonds. The molecule has 1 aromatic rings. The van der Waals surface area contributed by atoms with Crippen molar-refractivity contribution in [2.75, 3.05) is 0 Å². The molecule has 1 aliphatic rings. The molecule has 1 aliphatic carbocycles. The van der Waals surface area contributed by atoms with Crippen LogP contribution >= 0.6 is 11.3 Å². The summed E-state index contributed by atoms with van der Waals surface area (Å²) in [6.45, 7) is 4.34. The summed E-state index contributed by atoms with van der Waals surface area (Å²) in [6.07, 6.45) is 7.91. The van der Waals surface area contributed by atoms with Crippen LogP contribution in [0.4, 0.5) is 0 Å². The third-order valence-corrected chi connectivity index (χ3v) is 3.99. The highest BCUT2D eigenvalue weighted by atomic mass is 32.1. The lowest BCUT2D eigenvalue weighted by atomic mass is 9.74. The number of nitriles is 2. The van der Waals surface area contributed by atoms with Gasteiger partial charge in [0.25, 0.3) is 0 Å². The van der Waals surface area contributed by atoms with Gasteiger partial charge in [-0.2, -0.15) is 21.9 Å². The monoisotopic (exact) mass is 280 g/mol. The van der Waals surface area contributed by atoms with E-state index in [1.807, 2.05) is 23.6 Å². The van der Waals surface area contributed by atoms with E-state index in [-0.39, 0.29) is 11.0 Å². The molecule has 0 bridgehead atoms. The highest BCUT2D eigenvalue weighted by Crippen LogP contribution is 2.39. The fraction of sp³-hybridized carbons (Fsp3) is 0.294. The van der Waals surface area contributed by atoms with Crippen molar-refractivity contribution in [2.24, 2.45) is 5.41 Å². The van der Waals surface area contributed by atoms with E-state index in [1.165, 1.54) is 11.1 Å². The summed E-state index contributed by atoms with van der Waals surface area (Å²) in [5.41, 5.74) is 3.53. The van der Waals surface area contributed by atoms with Gasteiger partial charge in [-0.05, 0) is 51.8 Å². The van der Waals surface area contributed by atoms with Crippen LogP contribution < -0.4 is 0 Å². The maximum Gasteiger partial charge on any atom is 0.132 e. The van der Waals surface area contributed by atoms with Crippen LogP contribution in [0.15, 0.2) is 45.7 Å². The zero-order chi connectivity index (χ0) is 14.6. The molecule has 0 N–H and O–H groups in total. The quantitative estimate of drug-likeness (QED) is 0.727. The first-order valence-corrected chi connectivity index (χ1v) is 7.42. The van der Waals surface area contributed by atoms with Crippen molar-refractivity contribution < 1.29 is 0 Å². The first-order valence-electron chi connectivity index (χ1n) is 6.48. The lowest BCUT2D eigenvalue weighted by Crippen LogP contribution is -2.17. The predicted octanol–water partition coefficient (Wildman–Crippen LogP) is 4.85. The fourth-order valence-corrected chi connectivity index (χ4v) is 3.09. The van der Waals surface area contributed by atoms with Crippen LogP contribution in [0.5, 0.6) is 0 Å². The number of nitrogens with zero attached hydrogens (tertiary/aromatic N) is 2. The molecule has 100 valence electrons. The minimum atomic E-state index is 0.0807. The lowest BCUT2D eigenvalue weighted by Gasteiger charge is -2.30. The molecule has 0 spiro atoms. The molecule has 0 atom stereocenters. The van der Waals surface area contributed by atoms with E-state index in [2.05, 4.69) is 37.4 Å².